The van der Waals surface area contributed by atoms with E-state index in [0.717, 1.165) is 5.56 Å². The smallest absolute Gasteiger partial charge is 0.255 e. The summed E-state index contributed by atoms with van der Waals surface area (Å²) < 4.78 is 16.6. The molecule has 0 spiro atoms. The second-order valence-corrected chi connectivity index (χ2v) is 7.15. The van der Waals surface area contributed by atoms with Crippen LogP contribution >= 0.6 is 0 Å². The summed E-state index contributed by atoms with van der Waals surface area (Å²) in [5.74, 6) is 1.57. The molecular weight excluding hydrogens is 342 g/mol. The van der Waals surface area contributed by atoms with Crippen LogP contribution in [0, 0.1) is 0 Å². The van der Waals surface area contributed by atoms with Crippen LogP contribution < -0.4 is 19.5 Å². The zero-order valence-electron chi connectivity index (χ0n) is 17.0. The summed E-state index contributed by atoms with van der Waals surface area (Å²) in [5.41, 5.74) is 2.21. The van der Waals surface area contributed by atoms with Crippen LogP contribution in [0.2, 0.25) is 0 Å². The first kappa shape index (κ1) is 20.6. The lowest BCUT2D eigenvalue weighted by atomic mass is 9.87. The van der Waals surface area contributed by atoms with E-state index in [1.54, 1.807) is 25.3 Å². The minimum Gasteiger partial charge on any atom is -0.495 e. The Kier molecular flexibility index (Phi) is 6.72. The van der Waals surface area contributed by atoms with Crippen LogP contribution in [0.5, 0.6) is 17.2 Å². The summed E-state index contributed by atoms with van der Waals surface area (Å²) in [6, 6.07) is 11.0. The molecule has 146 valence electrons. The van der Waals surface area contributed by atoms with Gasteiger partial charge in [0.15, 0.2) is 11.5 Å². The van der Waals surface area contributed by atoms with Crippen molar-refractivity contribution in [1.82, 2.24) is 0 Å². The van der Waals surface area contributed by atoms with Crippen molar-refractivity contribution in [2.45, 2.75) is 40.0 Å². The van der Waals surface area contributed by atoms with Gasteiger partial charge in [0.25, 0.3) is 5.91 Å². The van der Waals surface area contributed by atoms with Gasteiger partial charge in [-0.2, -0.15) is 0 Å². The molecule has 0 heterocycles. The summed E-state index contributed by atoms with van der Waals surface area (Å²) in [6.45, 7) is 11.2. The van der Waals surface area contributed by atoms with Gasteiger partial charge < -0.3 is 19.5 Å². The molecule has 0 saturated heterocycles. The fourth-order valence-electron chi connectivity index (χ4n) is 2.66. The Morgan fingerprint density at radius 1 is 0.926 bits per heavy atom. The van der Waals surface area contributed by atoms with Gasteiger partial charge in [0.1, 0.15) is 5.75 Å². The summed E-state index contributed by atoms with van der Waals surface area (Å²) in [4.78, 5) is 12.8. The van der Waals surface area contributed by atoms with Crippen LogP contribution in [-0.2, 0) is 5.41 Å². The minimum atomic E-state index is -0.233. The number of ether oxygens (including phenoxy) is 3. The number of amides is 1. The largest absolute Gasteiger partial charge is 0.495 e. The van der Waals surface area contributed by atoms with E-state index in [-0.39, 0.29) is 11.3 Å². The van der Waals surface area contributed by atoms with E-state index in [1.807, 2.05) is 32.0 Å². The van der Waals surface area contributed by atoms with Crippen LogP contribution in [0.4, 0.5) is 5.69 Å². The Hall–Kier alpha value is -2.69. The fourth-order valence-corrected chi connectivity index (χ4v) is 2.66. The van der Waals surface area contributed by atoms with E-state index >= 15 is 0 Å². The minimum absolute atomic E-state index is 0.0347. The second-order valence-electron chi connectivity index (χ2n) is 7.15. The lowest BCUT2D eigenvalue weighted by Crippen LogP contribution is -2.15. The molecule has 0 atom stereocenters. The number of hydrogen-bond donors (Lipinski definition) is 1. The van der Waals surface area contributed by atoms with E-state index in [4.69, 9.17) is 14.2 Å². The lowest BCUT2D eigenvalue weighted by molar-refractivity contribution is 0.102. The monoisotopic (exact) mass is 371 g/mol. The number of benzene rings is 2. The number of nitrogens with one attached hydrogen (secondary N) is 1. The molecule has 2 rings (SSSR count). The highest BCUT2D eigenvalue weighted by Crippen LogP contribution is 2.33. The first-order valence-corrected chi connectivity index (χ1v) is 9.19. The van der Waals surface area contributed by atoms with Gasteiger partial charge in [-0.1, -0.05) is 26.8 Å². The van der Waals surface area contributed by atoms with E-state index < -0.39 is 0 Å². The molecule has 2 aromatic rings. The number of carbonyl (C=O) groups is 1. The number of rotatable bonds is 7. The van der Waals surface area contributed by atoms with Gasteiger partial charge >= 0.3 is 0 Å². The zero-order valence-corrected chi connectivity index (χ0v) is 17.0. The van der Waals surface area contributed by atoms with Crippen LogP contribution in [0.1, 0.15) is 50.5 Å². The molecule has 5 heteroatoms. The Labute approximate surface area is 161 Å². The van der Waals surface area contributed by atoms with Crippen molar-refractivity contribution in [1.29, 1.82) is 0 Å². The van der Waals surface area contributed by atoms with Crippen molar-refractivity contribution in [2.24, 2.45) is 0 Å². The van der Waals surface area contributed by atoms with Crippen LogP contribution in [0.15, 0.2) is 36.4 Å². The molecule has 0 unspecified atom stereocenters. The van der Waals surface area contributed by atoms with Crippen molar-refractivity contribution in [2.75, 3.05) is 25.6 Å². The number of hydrogen-bond acceptors (Lipinski definition) is 4. The highest BCUT2D eigenvalue weighted by Gasteiger charge is 2.18. The van der Waals surface area contributed by atoms with Crippen molar-refractivity contribution in [3.63, 3.8) is 0 Å². The maximum Gasteiger partial charge on any atom is 0.255 e. The topological polar surface area (TPSA) is 56.8 Å². The van der Waals surface area contributed by atoms with E-state index in [2.05, 4.69) is 26.1 Å². The highest BCUT2D eigenvalue weighted by molar-refractivity contribution is 6.05. The van der Waals surface area contributed by atoms with E-state index in [1.165, 1.54) is 0 Å². The summed E-state index contributed by atoms with van der Waals surface area (Å²) in [5, 5.41) is 2.95. The first-order valence-electron chi connectivity index (χ1n) is 9.19. The van der Waals surface area contributed by atoms with Crippen LogP contribution in [-0.4, -0.2) is 26.2 Å². The normalized spacial score (nSPS) is 11.0. The van der Waals surface area contributed by atoms with Gasteiger partial charge in [0, 0.05) is 5.56 Å². The van der Waals surface area contributed by atoms with Crippen molar-refractivity contribution < 1.29 is 19.0 Å². The highest BCUT2D eigenvalue weighted by atomic mass is 16.5. The molecule has 0 fully saturated rings. The third kappa shape index (κ3) is 5.16. The summed E-state index contributed by atoms with van der Waals surface area (Å²) >= 11 is 0. The molecular formula is C22H29NO4. The molecule has 1 amide bonds. The van der Waals surface area contributed by atoms with Gasteiger partial charge in [-0.05, 0) is 55.2 Å². The molecule has 0 aliphatic carbocycles. The van der Waals surface area contributed by atoms with Crippen molar-refractivity contribution >= 4 is 11.6 Å². The van der Waals surface area contributed by atoms with Crippen molar-refractivity contribution in [3.8, 4) is 17.2 Å². The van der Waals surface area contributed by atoms with Crippen LogP contribution in [0.25, 0.3) is 0 Å². The Balaban J connectivity index is 2.32. The number of anilines is 1. The van der Waals surface area contributed by atoms with Gasteiger partial charge in [0.05, 0.1) is 26.0 Å². The van der Waals surface area contributed by atoms with Gasteiger partial charge in [0.2, 0.25) is 0 Å². The maximum atomic E-state index is 12.8. The third-order valence-electron chi connectivity index (χ3n) is 4.12. The maximum absolute atomic E-state index is 12.8. The van der Waals surface area contributed by atoms with Crippen LogP contribution in [0.3, 0.4) is 0 Å². The Morgan fingerprint density at radius 3 is 2.15 bits per heavy atom. The molecule has 0 bridgehead atoms. The van der Waals surface area contributed by atoms with Gasteiger partial charge in [-0.15, -0.1) is 0 Å². The average Bonchev–Trinajstić information content (AvgIpc) is 2.62. The molecule has 0 radical (unpaired) electrons. The van der Waals surface area contributed by atoms with Gasteiger partial charge in [-0.25, -0.2) is 0 Å². The molecule has 0 aliphatic rings. The Morgan fingerprint density at radius 2 is 1.56 bits per heavy atom. The average molecular weight is 371 g/mol. The molecule has 0 saturated carbocycles. The number of methoxy groups -OCH3 is 1. The summed E-state index contributed by atoms with van der Waals surface area (Å²) in [7, 11) is 1.59. The van der Waals surface area contributed by atoms with E-state index in [0.29, 0.717) is 41.7 Å². The molecule has 1 N–H and O–H groups in total. The second kappa shape index (κ2) is 8.80. The standard InChI is InChI=1S/C22H29NO4/c1-7-26-19-11-9-15(13-20(19)27-8-2)21(24)23-17-14-16(22(3,4)5)10-12-18(17)25-6/h9-14H,7-8H2,1-6H3,(H,23,24). The fraction of sp³-hybridized carbons (Fsp3) is 0.409. The quantitative estimate of drug-likeness (QED) is 0.740. The predicted octanol–water partition coefficient (Wildman–Crippen LogP) is 5.04. The third-order valence-corrected chi connectivity index (χ3v) is 4.12. The lowest BCUT2D eigenvalue weighted by Gasteiger charge is -2.21. The zero-order chi connectivity index (χ0) is 20.0. The SMILES string of the molecule is CCOc1ccc(C(=O)Nc2cc(C(C)(C)C)ccc2OC)cc1OCC. The molecule has 0 aromatic heterocycles. The predicted molar refractivity (Wildman–Crippen MR) is 108 cm³/mol. The summed E-state index contributed by atoms with van der Waals surface area (Å²) in [6.07, 6.45) is 0. The molecule has 0 aliphatic heterocycles. The van der Waals surface area contributed by atoms with Crippen molar-refractivity contribution in [3.05, 3.63) is 47.5 Å². The molecule has 27 heavy (non-hydrogen) atoms. The van der Waals surface area contributed by atoms with E-state index in [9.17, 15) is 4.79 Å². The van der Waals surface area contributed by atoms with Gasteiger partial charge in [-0.3, -0.25) is 4.79 Å². The first-order chi connectivity index (χ1) is 12.8. The Bertz CT molecular complexity index is 793. The molecule has 5 nitrogen and oxygen atoms in total. The molecule has 2 aromatic carbocycles. The number of carbonyl (C=O) groups excluding carboxylic acids is 1.